The molecule has 1 saturated heterocycles. The van der Waals surface area contributed by atoms with Gasteiger partial charge < -0.3 is 15.4 Å². The summed E-state index contributed by atoms with van der Waals surface area (Å²) in [6.07, 6.45) is 1.80. The molecule has 2 amide bonds. The molecule has 1 aliphatic rings. The Labute approximate surface area is 118 Å². The van der Waals surface area contributed by atoms with Crippen molar-refractivity contribution in [2.45, 2.75) is 45.7 Å². The fraction of sp³-hybridized carbons (Fsp3) is 0.643. The van der Waals surface area contributed by atoms with E-state index in [-0.39, 0.29) is 18.1 Å². The van der Waals surface area contributed by atoms with Crippen LogP contribution in [0.5, 0.6) is 0 Å². The molecule has 2 N–H and O–H groups in total. The molecule has 2 rings (SSSR count). The highest BCUT2D eigenvalue weighted by molar-refractivity contribution is 7.12. The van der Waals surface area contributed by atoms with Gasteiger partial charge in [0.25, 0.3) is 0 Å². The third-order valence-electron chi connectivity index (χ3n) is 3.45. The van der Waals surface area contributed by atoms with E-state index in [9.17, 15) is 4.79 Å². The standard InChI is InChI=1S/C14H22N2O2S/c1-9-8-13(11(3)19-9)10(2)15-14(17)16-12-4-6-18-7-5-12/h8,10,12H,4-7H2,1-3H3,(H2,15,16,17). The summed E-state index contributed by atoms with van der Waals surface area (Å²) in [4.78, 5) is 14.5. The molecule has 0 spiro atoms. The van der Waals surface area contributed by atoms with Gasteiger partial charge in [0, 0.05) is 29.0 Å². The Morgan fingerprint density at radius 3 is 2.68 bits per heavy atom. The van der Waals surface area contributed by atoms with Gasteiger partial charge in [-0.25, -0.2) is 4.79 Å². The SMILES string of the molecule is Cc1cc(C(C)NC(=O)NC2CCOCC2)c(C)s1. The van der Waals surface area contributed by atoms with E-state index >= 15 is 0 Å². The van der Waals surface area contributed by atoms with Crippen molar-refractivity contribution in [3.63, 3.8) is 0 Å². The summed E-state index contributed by atoms with van der Waals surface area (Å²) in [5.41, 5.74) is 1.21. The van der Waals surface area contributed by atoms with Gasteiger partial charge in [0.2, 0.25) is 0 Å². The molecular weight excluding hydrogens is 260 g/mol. The van der Waals surface area contributed by atoms with Crippen LogP contribution in [0.15, 0.2) is 6.07 Å². The lowest BCUT2D eigenvalue weighted by Gasteiger charge is -2.24. The van der Waals surface area contributed by atoms with Gasteiger partial charge in [-0.2, -0.15) is 0 Å². The topological polar surface area (TPSA) is 50.4 Å². The van der Waals surface area contributed by atoms with E-state index in [1.54, 1.807) is 11.3 Å². The van der Waals surface area contributed by atoms with Crippen molar-refractivity contribution in [3.05, 3.63) is 21.4 Å². The number of ether oxygens (including phenoxy) is 1. The highest BCUT2D eigenvalue weighted by Gasteiger charge is 2.18. The summed E-state index contributed by atoms with van der Waals surface area (Å²) in [5, 5.41) is 6.03. The quantitative estimate of drug-likeness (QED) is 0.895. The zero-order chi connectivity index (χ0) is 13.8. The molecule has 1 atom stereocenters. The number of hydrogen-bond donors (Lipinski definition) is 2. The molecule has 2 heterocycles. The van der Waals surface area contributed by atoms with E-state index < -0.39 is 0 Å². The highest BCUT2D eigenvalue weighted by Crippen LogP contribution is 2.26. The summed E-state index contributed by atoms with van der Waals surface area (Å²) in [7, 11) is 0. The molecular formula is C14H22N2O2S. The lowest BCUT2D eigenvalue weighted by molar-refractivity contribution is 0.0800. The van der Waals surface area contributed by atoms with Gasteiger partial charge in [0.15, 0.2) is 0 Å². The number of carbonyl (C=O) groups excluding carboxylic acids is 1. The lowest BCUT2D eigenvalue weighted by Crippen LogP contribution is -2.45. The Kier molecular flexibility index (Phi) is 4.82. The average Bonchev–Trinajstić information content (AvgIpc) is 2.69. The molecule has 1 aliphatic heterocycles. The van der Waals surface area contributed by atoms with Crippen molar-refractivity contribution >= 4 is 17.4 Å². The monoisotopic (exact) mass is 282 g/mol. The Balaban J connectivity index is 1.86. The molecule has 1 fully saturated rings. The minimum absolute atomic E-state index is 0.0461. The average molecular weight is 282 g/mol. The number of amides is 2. The number of carbonyl (C=O) groups is 1. The second-order valence-corrected chi connectivity index (χ2v) is 6.56. The van der Waals surface area contributed by atoms with Gasteiger partial charge in [-0.1, -0.05) is 0 Å². The Bertz CT molecular complexity index is 439. The fourth-order valence-electron chi connectivity index (χ4n) is 2.42. The van der Waals surface area contributed by atoms with Crippen LogP contribution in [0.1, 0.15) is 41.1 Å². The minimum Gasteiger partial charge on any atom is -0.381 e. The number of aryl methyl sites for hydroxylation is 2. The summed E-state index contributed by atoms with van der Waals surface area (Å²) in [6.45, 7) is 7.70. The molecule has 0 saturated carbocycles. The Morgan fingerprint density at radius 2 is 2.11 bits per heavy atom. The van der Waals surface area contributed by atoms with Crippen LogP contribution in [0.25, 0.3) is 0 Å². The molecule has 0 radical (unpaired) electrons. The van der Waals surface area contributed by atoms with E-state index in [4.69, 9.17) is 4.74 Å². The molecule has 1 aromatic rings. The first-order valence-corrected chi connectivity index (χ1v) is 7.59. The highest BCUT2D eigenvalue weighted by atomic mass is 32.1. The van der Waals surface area contributed by atoms with Crippen LogP contribution in [-0.2, 0) is 4.74 Å². The first-order chi connectivity index (χ1) is 9.06. The third kappa shape index (κ3) is 3.94. The van der Waals surface area contributed by atoms with Crippen molar-refractivity contribution in [1.29, 1.82) is 0 Å². The van der Waals surface area contributed by atoms with Crippen molar-refractivity contribution in [2.75, 3.05) is 13.2 Å². The van der Waals surface area contributed by atoms with Crippen LogP contribution >= 0.6 is 11.3 Å². The molecule has 0 bridgehead atoms. The summed E-state index contributed by atoms with van der Waals surface area (Å²) < 4.78 is 5.28. The van der Waals surface area contributed by atoms with E-state index in [0.717, 1.165) is 26.1 Å². The number of hydrogen-bond acceptors (Lipinski definition) is 3. The van der Waals surface area contributed by atoms with Crippen LogP contribution in [0, 0.1) is 13.8 Å². The number of nitrogens with one attached hydrogen (secondary N) is 2. The van der Waals surface area contributed by atoms with Gasteiger partial charge in [0.05, 0.1) is 6.04 Å². The minimum atomic E-state index is -0.0809. The van der Waals surface area contributed by atoms with Gasteiger partial charge in [-0.15, -0.1) is 11.3 Å². The second-order valence-electron chi connectivity index (χ2n) is 5.09. The van der Waals surface area contributed by atoms with Crippen molar-refractivity contribution in [1.82, 2.24) is 10.6 Å². The third-order valence-corrected chi connectivity index (χ3v) is 4.43. The van der Waals surface area contributed by atoms with Gasteiger partial charge in [0.1, 0.15) is 0 Å². The van der Waals surface area contributed by atoms with Crippen LogP contribution in [0.3, 0.4) is 0 Å². The summed E-state index contributed by atoms with van der Waals surface area (Å²) in [5.74, 6) is 0. The van der Waals surface area contributed by atoms with Crippen LogP contribution in [0.2, 0.25) is 0 Å². The molecule has 0 aliphatic carbocycles. The molecule has 5 heteroatoms. The molecule has 1 aromatic heterocycles. The smallest absolute Gasteiger partial charge is 0.315 e. The predicted molar refractivity (Wildman–Crippen MR) is 77.7 cm³/mol. The van der Waals surface area contributed by atoms with Crippen molar-refractivity contribution < 1.29 is 9.53 Å². The van der Waals surface area contributed by atoms with E-state index in [1.165, 1.54) is 15.3 Å². The maximum atomic E-state index is 12.0. The zero-order valence-corrected chi connectivity index (χ0v) is 12.6. The number of thiophene rings is 1. The lowest BCUT2D eigenvalue weighted by atomic mass is 10.1. The molecule has 19 heavy (non-hydrogen) atoms. The first-order valence-electron chi connectivity index (χ1n) is 6.78. The van der Waals surface area contributed by atoms with Crippen LogP contribution < -0.4 is 10.6 Å². The van der Waals surface area contributed by atoms with Gasteiger partial charge in [-0.3, -0.25) is 0 Å². The van der Waals surface area contributed by atoms with Crippen molar-refractivity contribution in [2.24, 2.45) is 0 Å². The van der Waals surface area contributed by atoms with E-state index in [0.29, 0.717) is 0 Å². The second kappa shape index (κ2) is 6.39. The predicted octanol–water partition coefficient (Wildman–Crippen LogP) is 2.90. The van der Waals surface area contributed by atoms with Crippen LogP contribution in [0.4, 0.5) is 4.79 Å². The molecule has 106 valence electrons. The first kappa shape index (κ1) is 14.3. The summed E-state index contributed by atoms with van der Waals surface area (Å²) in [6, 6.07) is 2.36. The Morgan fingerprint density at radius 1 is 1.42 bits per heavy atom. The number of urea groups is 1. The molecule has 4 nitrogen and oxygen atoms in total. The Hall–Kier alpha value is -1.07. The van der Waals surface area contributed by atoms with E-state index in [1.807, 2.05) is 6.92 Å². The van der Waals surface area contributed by atoms with Gasteiger partial charge in [-0.05, 0) is 45.2 Å². The maximum Gasteiger partial charge on any atom is 0.315 e. The zero-order valence-electron chi connectivity index (χ0n) is 11.8. The van der Waals surface area contributed by atoms with Gasteiger partial charge >= 0.3 is 6.03 Å². The normalized spacial score (nSPS) is 18.1. The summed E-state index contributed by atoms with van der Waals surface area (Å²) >= 11 is 1.77. The number of rotatable bonds is 3. The largest absolute Gasteiger partial charge is 0.381 e. The molecule has 1 unspecified atom stereocenters. The van der Waals surface area contributed by atoms with Crippen LogP contribution in [-0.4, -0.2) is 25.3 Å². The van der Waals surface area contributed by atoms with Crippen molar-refractivity contribution in [3.8, 4) is 0 Å². The maximum absolute atomic E-state index is 12.0. The fourth-order valence-corrected chi connectivity index (χ4v) is 3.45. The molecule has 0 aromatic carbocycles. The van der Waals surface area contributed by atoms with E-state index in [2.05, 4.69) is 30.5 Å².